The molecule has 26 heavy (non-hydrogen) atoms. The maximum Gasteiger partial charge on any atom is 0.307 e. The van der Waals surface area contributed by atoms with E-state index in [9.17, 15) is 14.7 Å². The number of nitrogens with zero attached hydrogens (tertiary/aromatic N) is 1. The Morgan fingerprint density at radius 1 is 1.12 bits per heavy atom. The van der Waals surface area contributed by atoms with Gasteiger partial charge in [-0.15, -0.1) is 0 Å². The van der Waals surface area contributed by atoms with Crippen molar-refractivity contribution in [3.8, 4) is 11.5 Å². The predicted octanol–water partition coefficient (Wildman–Crippen LogP) is 2.53. The number of allylic oxidation sites excluding steroid dienone is 2. The van der Waals surface area contributed by atoms with Crippen LogP contribution in [0.2, 0.25) is 0 Å². The van der Waals surface area contributed by atoms with Crippen molar-refractivity contribution in [3.05, 3.63) is 24.3 Å². The number of nitrogens with one attached hydrogen (secondary N) is 1. The highest BCUT2D eigenvalue weighted by Crippen LogP contribution is 2.48. The number of hydrogen-bond acceptors (Lipinski definition) is 6. The van der Waals surface area contributed by atoms with Gasteiger partial charge in [-0.2, -0.15) is 0 Å². The van der Waals surface area contributed by atoms with Gasteiger partial charge in [0.15, 0.2) is 16.6 Å². The number of carboxylic acid groups (broad SMARTS) is 1. The van der Waals surface area contributed by atoms with E-state index in [1.54, 1.807) is 6.07 Å². The first kappa shape index (κ1) is 15.6. The number of aromatic nitrogens is 1. The van der Waals surface area contributed by atoms with Crippen molar-refractivity contribution >= 4 is 38.6 Å². The molecule has 2 aromatic rings. The predicted molar refractivity (Wildman–Crippen MR) is 94.6 cm³/mol. The summed E-state index contributed by atoms with van der Waals surface area (Å²) in [6.45, 7) is 1.01. The lowest BCUT2D eigenvalue weighted by atomic mass is 9.82. The fourth-order valence-electron chi connectivity index (χ4n) is 4.22. The standard InChI is InChI=1S/C18H16N2O5S/c21-16(14-8-1-2-9(5-8)15(14)17(22)23)20-18-19-10-6-11-12(7-13(10)26-18)25-4-3-24-11/h1-2,6-9,14-15H,3-5H2,(H,22,23)(H,19,20,21). The lowest BCUT2D eigenvalue weighted by Crippen LogP contribution is -2.36. The summed E-state index contributed by atoms with van der Waals surface area (Å²) < 4.78 is 12.0. The van der Waals surface area contributed by atoms with E-state index in [1.807, 2.05) is 18.2 Å². The molecule has 1 aromatic carbocycles. The number of carbonyl (C=O) groups is 2. The number of ether oxygens (including phenoxy) is 2. The Labute approximate surface area is 152 Å². The molecule has 0 saturated heterocycles. The van der Waals surface area contributed by atoms with Crippen LogP contribution in [0.25, 0.3) is 10.2 Å². The van der Waals surface area contributed by atoms with Gasteiger partial charge >= 0.3 is 5.97 Å². The van der Waals surface area contributed by atoms with Crippen molar-refractivity contribution in [1.29, 1.82) is 0 Å². The second-order valence-corrected chi connectivity index (χ2v) is 7.84. The molecular weight excluding hydrogens is 356 g/mol. The number of rotatable bonds is 3. The van der Waals surface area contributed by atoms with Crippen LogP contribution in [-0.4, -0.2) is 35.2 Å². The summed E-state index contributed by atoms with van der Waals surface area (Å²) in [4.78, 5) is 28.8. The van der Waals surface area contributed by atoms with E-state index < -0.39 is 17.8 Å². The maximum absolute atomic E-state index is 12.8. The molecule has 2 N–H and O–H groups in total. The molecule has 0 spiro atoms. The molecule has 8 heteroatoms. The summed E-state index contributed by atoms with van der Waals surface area (Å²) in [6.07, 6.45) is 4.63. The molecule has 1 amide bonds. The van der Waals surface area contributed by atoms with Crippen LogP contribution >= 0.6 is 11.3 Å². The van der Waals surface area contributed by atoms with Crippen LogP contribution in [0.1, 0.15) is 6.42 Å². The zero-order valence-electron chi connectivity index (χ0n) is 13.7. The zero-order valence-corrected chi connectivity index (χ0v) is 14.5. The van der Waals surface area contributed by atoms with Crippen LogP contribution in [0.3, 0.4) is 0 Å². The lowest BCUT2D eigenvalue weighted by Gasteiger charge is -2.23. The number of aliphatic carboxylic acids is 1. The highest BCUT2D eigenvalue weighted by atomic mass is 32.1. The SMILES string of the molecule is O=C(O)C1C2C=CC(C2)C1C(=O)Nc1nc2cc3c(cc2s1)OCCO3. The van der Waals surface area contributed by atoms with Gasteiger partial charge in [-0.3, -0.25) is 9.59 Å². The van der Waals surface area contributed by atoms with Gasteiger partial charge in [0.05, 0.1) is 22.1 Å². The summed E-state index contributed by atoms with van der Waals surface area (Å²) in [7, 11) is 0. The molecule has 7 nitrogen and oxygen atoms in total. The molecule has 1 fully saturated rings. The minimum atomic E-state index is -0.909. The second-order valence-electron chi connectivity index (χ2n) is 6.81. The van der Waals surface area contributed by atoms with Crippen LogP contribution in [0.15, 0.2) is 24.3 Å². The first-order chi connectivity index (χ1) is 12.6. The van der Waals surface area contributed by atoms with Crippen LogP contribution in [-0.2, 0) is 9.59 Å². The van der Waals surface area contributed by atoms with Crippen molar-refractivity contribution in [2.75, 3.05) is 18.5 Å². The quantitative estimate of drug-likeness (QED) is 0.804. The first-order valence-corrected chi connectivity index (χ1v) is 9.34. The number of benzene rings is 1. The average Bonchev–Trinajstić information content (AvgIpc) is 3.32. The van der Waals surface area contributed by atoms with Crippen molar-refractivity contribution in [3.63, 3.8) is 0 Å². The minimum Gasteiger partial charge on any atom is -0.486 e. The van der Waals surface area contributed by atoms with Crippen LogP contribution < -0.4 is 14.8 Å². The molecule has 134 valence electrons. The zero-order chi connectivity index (χ0) is 17.8. The van der Waals surface area contributed by atoms with Gasteiger partial charge in [0.2, 0.25) is 5.91 Å². The van der Waals surface area contributed by atoms with Gasteiger partial charge in [0.25, 0.3) is 0 Å². The normalized spacial score (nSPS) is 28.5. The summed E-state index contributed by atoms with van der Waals surface area (Å²) in [5.41, 5.74) is 0.720. The number of carbonyl (C=O) groups excluding carboxylic acids is 1. The topological polar surface area (TPSA) is 97.8 Å². The molecule has 1 aliphatic heterocycles. The molecular formula is C18H16N2O5S. The molecule has 2 bridgehead atoms. The van der Waals surface area contributed by atoms with Crippen LogP contribution in [0, 0.1) is 23.7 Å². The number of hydrogen-bond donors (Lipinski definition) is 2. The summed E-state index contributed by atoms with van der Waals surface area (Å²) >= 11 is 1.34. The minimum absolute atomic E-state index is 0.00964. The second kappa shape index (κ2) is 5.70. The van der Waals surface area contributed by atoms with Crippen molar-refractivity contribution in [2.45, 2.75) is 6.42 Å². The third-order valence-electron chi connectivity index (χ3n) is 5.33. The monoisotopic (exact) mass is 372 g/mol. The summed E-state index contributed by atoms with van der Waals surface area (Å²) in [5.74, 6) is -1.12. The molecule has 4 atom stereocenters. The Bertz CT molecular complexity index is 909. The molecule has 3 aliphatic rings. The van der Waals surface area contributed by atoms with E-state index in [0.29, 0.717) is 29.8 Å². The van der Waals surface area contributed by atoms with Crippen molar-refractivity contribution in [1.82, 2.24) is 4.98 Å². The molecule has 5 rings (SSSR count). The smallest absolute Gasteiger partial charge is 0.307 e. The first-order valence-electron chi connectivity index (χ1n) is 8.52. The molecule has 4 unspecified atom stereocenters. The number of anilines is 1. The number of amides is 1. The molecule has 2 heterocycles. The molecule has 1 aromatic heterocycles. The van der Waals surface area contributed by atoms with Gasteiger partial charge in [-0.05, 0) is 18.3 Å². The molecule has 2 aliphatic carbocycles. The summed E-state index contributed by atoms with van der Waals surface area (Å²) in [5, 5.41) is 12.8. The third kappa shape index (κ3) is 2.36. The maximum atomic E-state index is 12.8. The highest BCUT2D eigenvalue weighted by molar-refractivity contribution is 7.22. The summed E-state index contributed by atoms with van der Waals surface area (Å²) in [6, 6.07) is 3.66. The Morgan fingerprint density at radius 3 is 2.54 bits per heavy atom. The largest absolute Gasteiger partial charge is 0.486 e. The van der Waals surface area contributed by atoms with Crippen LogP contribution in [0.5, 0.6) is 11.5 Å². The fraction of sp³-hybridized carbons (Fsp3) is 0.389. The van der Waals surface area contributed by atoms with E-state index >= 15 is 0 Å². The third-order valence-corrected chi connectivity index (χ3v) is 6.26. The number of carboxylic acids is 1. The fourth-order valence-corrected chi connectivity index (χ4v) is 5.10. The number of thiazole rings is 1. The van der Waals surface area contributed by atoms with E-state index in [4.69, 9.17) is 9.47 Å². The Hall–Kier alpha value is -2.61. The molecule has 1 saturated carbocycles. The van der Waals surface area contributed by atoms with Gasteiger partial charge in [-0.1, -0.05) is 23.5 Å². The van der Waals surface area contributed by atoms with E-state index in [2.05, 4.69) is 10.3 Å². The van der Waals surface area contributed by atoms with Crippen molar-refractivity contribution < 1.29 is 24.2 Å². The Balaban J connectivity index is 1.41. The van der Waals surface area contributed by atoms with Gasteiger partial charge < -0.3 is 19.9 Å². The van der Waals surface area contributed by atoms with E-state index in [1.165, 1.54) is 11.3 Å². The van der Waals surface area contributed by atoms with E-state index in [0.717, 1.165) is 16.6 Å². The van der Waals surface area contributed by atoms with E-state index in [-0.39, 0.29) is 17.7 Å². The average molecular weight is 372 g/mol. The highest BCUT2D eigenvalue weighted by Gasteiger charge is 2.51. The Kier molecular flexibility index (Phi) is 3.43. The van der Waals surface area contributed by atoms with Crippen molar-refractivity contribution in [2.24, 2.45) is 23.7 Å². The van der Waals surface area contributed by atoms with Gasteiger partial charge in [-0.25, -0.2) is 4.98 Å². The molecule has 0 radical (unpaired) electrons. The lowest BCUT2D eigenvalue weighted by molar-refractivity contribution is -0.146. The number of fused-ring (bicyclic) bond motifs is 4. The van der Waals surface area contributed by atoms with Crippen LogP contribution in [0.4, 0.5) is 5.13 Å². The Morgan fingerprint density at radius 2 is 1.81 bits per heavy atom. The van der Waals surface area contributed by atoms with Gasteiger partial charge in [0, 0.05) is 12.1 Å². The van der Waals surface area contributed by atoms with Gasteiger partial charge in [0.1, 0.15) is 13.2 Å².